The van der Waals surface area contributed by atoms with Crippen LogP contribution >= 0.6 is 11.3 Å². The van der Waals surface area contributed by atoms with E-state index < -0.39 is 15.9 Å². The van der Waals surface area contributed by atoms with E-state index in [0.29, 0.717) is 16.9 Å². The molecule has 0 unspecified atom stereocenters. The highest BCUT2D eigenvalue weighted by atomic mass is 32.2. The number of benzene rings is 1. The Hall–Kier alpha value is -1.66. The summed E-state index contributed by atoms with van der Waals surface area (Å²) in [6, 6.07) is 10.5. The molecular formula is C16H17NO3S2. The van der Waals surface area contributed by atoms with Crippen LogP contribution in [0.4, 0.5) is 0 Å². The zero-order valence-electron chi connectivity index (χ0n) is 12.0. The predicted octanol–water partition coefficient (Wildman–Crippen LogP) is 2.72. The Bertz CT molecular complexity index is 766. The van der Waals surface area contributed by atoms with Crippen LogP contribution in [0.2, 0.25) is 0 Å². The summed E-state index contributed by atoms with van der Waals surface area (Å²) in [7, 11) is -3.27. The van der Waals surface area contributed by atoms with E-state index in [2.05, 4.69) is 11.4 Å². The first-order valence-corrected chi connectivity index (χ1v) is 9.73. The Morgan fingerprint density at radius 1 is 1.23 bits per heavy atom. The average Bonchev–Trinajstić information content (AvgIpc) is 3.07. The lowest BCUT2D eigenvalue weighted by molar-refractivity contribution is -0.121. The molecule has 1 aromatic carbocycles. The topological polar surface area (TPSA) is 63.2 Å². The molecule has 3 rings (SSSR count). The van der Waals surface area contributed by atoms with E-state index in [1.54, 1.807) is 35.6 Å². The van der Waals surface area contributed by atoms with E-state index in [-0.39, 0.29) is 11.7 Å². The summed E-state index contributed by atoms with van der Waals surface area (Å²) in [6.07, 6.45) is 2.06. The third-order valence-corrected chi connectivity index (χ3v) is 6.51. The van der Waals surface area contributed by atoms with E-state index in [1.807, 2.05) is 11.4 Å². The SMILES string of the molecule is O=C(CCCc1cccs1)N[C@@H]1CS(=O)(=O)c2ccccc21. The zero-order valence-corrected chi connectivity index (χ0v) is 13.6. The van der Waals surface area contributed by atoms with Crippen LogP contribution in [0.1, 0.15) is 29.3 Å². The number of carbonyl (C=O) groups is 1. The molecular weight excluding hydrogens is 318 g/mol. The molecule has 1 N–H and O–H groups in total. The van der Waals surface area contributed by atoms with Crippen molar-refractivity contribution < 1.29 is 13.2 Å². The van der Waals surface area contributed by atoms with E-state index in [4.69, 9.17) is 0 Å². The second-order valence-electron chi connectivity index (χ2n) is 5.37. The maximum atomic E-state index is 12.1. The number of hydrogen-bond donors (Lipinski definition) is 1. The van der Waals surface area contributed by atoms with Gasteiger partial charge in [-0.25, -0.2) is 8.42 Å². The summed E-state index contributed by atoms with van der Waals surface area (Å²) in [4.78, 5) is 13.7. The van der Waals surface area contributed by atoms with Crippen molar-refractivity contribution >= 4 is 27.1 Å². The van der Waals surface area contributed by atoms with Crippen molar-refractivity contribution in [2.24, 2.45) is 0 Å². The van der Waals surface area contributed by atoms with Crippen molar-refractivity contribution in [2.45, 2.75) is 30.2 Å². The van der Waals surface area contributed by atoms with Crippen LogP contribution < -0.4 is 5.32 Å². The van der Waals surface area contributed by atoms with Crippen molar-refractivity contribution in [3.63, 3.8) is 0 Å². The van der Waals surface area contributed by atoms with E-state index in [1.165, 1.54) is 4.88 Å². The normalized spacial score (nSPS) is 18.8. The number of carbonyl (C=O) groups excluding carboxylic acids is 1. The molecule has 0 saturated heterocycles. The van der Waals surface area contributed by atoms with Crippen LogP contribution in [-0.2, 0) is 21.1 Å². The van der Waals surface area contributed by atoms with Gasteiger partial charge >= 0.3 is 0 Å². The molecule has 6 heteroatoms. The second kappa shape index (κ2) is 6.22. The van der Waals surface area contributed by atoms with Crippen molar-refractivity contribution in [3.8, 4) is 0 Å². The smallest absolute Gasteiger partial charge is 0.220 e. The van der Waals surface area contributed by atoms with Gasteiger partial charge in [0, 0.05) is 11.3 Å². The van der Waals surface area contributed by atoms with Crippen LogP contribution in [0.25, 0.3) is 0 Å². The maximum absolute atomic E-state index is 12.1. The van der Waals surface area contributed by atoms with E-state index >= 15 is 0 Å². The highest BCUT2D eigenvalue weighted by molar-refractivity contribution is 7.91. The van der Waals surface area contributed by atoms with E-state index in [0.717, 1.165) is 12.8 Å². The quantitative estimate of drug-likeness (QED) is 0.914. The molecule has 116 valence electrons. The fourth-order valence-electron chi connectivity index (χ4n) is 2.71. The maximum Gasteiger partial charge on any atom is 0.220 e. The number of fused-ring (bicyclic) bond motifs is 1. The van der Waals surface area contributed by atoms with Crippen LogP contribution in [0, 0.1) is 0 Å². The molecule has 22 heavy (non-hydrogen) atoms. The summed E-state index contributed by atoms with van der Waals surface area (Å²) >= 11 is 1.69. The summed E-state index contributed by atoms with van der Waals surface area (Å²) in [6.45, 7) is 0. The van der Waals surface area contributed by atoms with Crippen LogP contribution in [-0.4, -0.2) is 20.1 Å². The molecule has 0 aliphatic carbocycles. The second-order valence-corrected chi connectivity index (χ2v) is 8.41. The molecule has 0 saturated carbocycles. The minimum Gasteiger partial charge on any atom is -0.348 e. The minimum absolute atomic E-state index is 0.0387. The predicted molar refractivity (Wildman–Crippen MR) is 86.6 cm³/mol. The monoisotopic (exact) mass is 335 g/mol. The van der Waals surface area contributed by atoms with Crippen molar-refractivity contribution in [2.75, 3.05) is 5.75 Å². The summed E-state index contributed by atoms with van der Waals surface area (Å²) in [5.74, 6) is -0.128. The van der Waals surface area contributed by atoms with Gasteiger partial charge in [-0.2, -0.15) is 0 Å². The van der Waals surface area contributed by atoms with Gasteiger partial charge in [0.05, 0.1) is 16.7 Å². The lowest BCUT2D eigenvalue weighted by Gasteiger charge is -2.12. The third-order valence-electron chi connectivity index (χ3n) is 3.76. The fraction of sp³-hybridized carbons (Fsp3) is 0.312. The Morgan fingerprint density at radius 3 is 2.82 bits per heavy atom. The largest absolute Gasteiger partial charge is 0.348 e. The lowest BCUT2D eigenvalue weighted by Crippen LogP contribution is -2.29. The van der Waals surface area contributed by atoms with Crippen LogP contribution in [0.5, 0.6) is 0 Å². The van der Waals surface area contributed by atoms with Crippen molar-refractivity contribution in [1.29, 1.82) is 0 Å². The molecule has 1 amide bonds. The summed E-state index contributed by atoms with van der Waals surface area (Å²) in [5, 5.41) is 4.88. The van der Waals surface area contributed by atoms with Crippen LogP contribution in [0.15, 0.2) is 46.7 Å². The molecule has 0 fully saturated rings. The van der Waals surface area contributed by atoms with Gasteiger partial charge in [0.15, 0.2) is 9.84 Å². The van der Waals surface area contributed by atoms with Gasteiger partial charge in [0.2, 0.25) is 5.91 Å². The highest BCUT2D eigenvalue weighted by Gasteiger charge is 2.34. The molecule has 2 heterocycles. The fourth-order valence-corrected chi connectivity index (χ4v) is 5.20. The first kappa shape index (κ1) is 15.2. The summed E-state index contributed by atoms with van der Waals surface area (Å²) in [5.41, 5.74) is 0.703. The van der Waals surface area contributed by atoms with E-state index in [9.17, 15) is 13.2 Å². The number of thiophene rings is 1. The Balaban J connectivity index is 1.58. The standard InChI is InChI=1S/C16H17NO3S2/c18-16(9-3-5-12-6-4-10-21-12)17-14-11-22(19,20)15-8-2-1-7-13(14)15/h1-2,4,6-8,10,14H,3,5,9,11H2,(H,17,18)/t14-/m1/s1. The van der Waals surface area contributed by atoms with Gasteiger partial charge in [-0.1, -0.05) is 24.3 Å². The molecule has 0 spiro atoms. The molecule has 0 bridgehead atoms. The molecule has 0 radical (unpaired) electrons. The number of nitrogens with one attached hydrogen (secondary N) is 1. The Morgan fingerprint density at radius 2 is 2.05 bits per heavy atom. The zero-order chi connectivity index (χ0) is 15.6. The summed E-state index contributed by atoms with van der Waals surface area (Å²) < 4.78 is 24.1. The average molecular weight is 335 g/mol. The lowest BCUT2D eigenvalue weighted by atomic mass is 10.1. The molecule has 1 aliphatic rings. The Labute approximate surface area is 134 Å². The molecule has 1 aromatic heterocycles. The van der Waals surface area contributed by atoms with Gasteiger partial charge < -0.3 is 5.32 Å². The molecule has 1 atom stereocenters. The molecule has 1 aliphatic heterocycles. The Kier molecular flexibility index (Phi) is 4.31. The first-order chi connectivity index (χ1) is 10.6. The van der Waals surface area contributed by atoms with Gasteiger partial charge in [-0.05, 0) is 35.9 Å². The van der Waals surface area contributed by atoms with Gasteiger partial charge in [-0.3, -0.25) is 4.79 Å². The number of sulfone groups is 1. The number of hydrogen-bond acceptors (Lipinski definition) is 4. The number of amides is 1. The molecule has 2 aromatic rings. The van der Waals surface area contributed by atoms with Gasteiger partial charge in [-0.15, -0.1) is 11.3 Å². The number of aryl methyl sites for hydroxylation is 1. The van der Waals surface area contributed by atoms with Gasteiger partial charge in [0.25, 0.3) is 0 Å². The van der Waals surface area contributed by atoms with Gasteiger partial charge in [0.1, 0.15) is 0 Å². The van der Waals surface area contributed by atoms with Crippen molar-refractivity contribution in [1.82, 2.24) is 5.32 Å². The van der Waals surface area contributed by atoms with Crippen molar-refractivity contribution in [3.05, 3.63) is 52.2 Å². The molecule has 4 nitrogen and oxygen atoms in total. The third kappa shape index (κ3) is 3.23. The minimum atomic E-state index is -3.27. The first-order valence-electron chi connectivity index (χ1n) is 7.20. The number of rotatable bonds is 5. The highest BCUT2D eigenvalue weighted by Crippen LogP contribution is 2.32. The van der Waals surface area contributed by atoms with Crippen LogP contribution in [0.3, 0.4) is 0 Å².